The highest BCUT2D eigenvalue weighted by atomic mass is 35.5. The molecule has 1 unspecified atom stereocenters. The number of hydrogen-bond acceptors (Lipinski definition) is 3. The van der Waals surface area contributed by atoms with Crippen LogP contribution in [0, 0.1) is 0 Å². The third-order valence-corrected chi connectivity index (χ3v) is 2.72. The van der Waals surface area contributed by atoms with Crippen LogP contribution < -0.4 is 0 Å². The van der Waals surface area contributed by atoms with E-state index < -0.39 is 10.8 Å². The normalized spacial score (nSPS) is 27.2. The fourth-order valence-electron chi connectivity index (χ4n) is 0.900. The predicted octanol–water partition coefficient (Wildman–Crippen LogP) is 2.02. The summed E-state index contributed by atoms with van der Waals surface area (Å²) in [5.41, 5.74) is 0. The zero-order chi connectivity index (χ0) is 9.90. The molecule has 1 atom stereocenters. The van der Waals surface area contributed by atoms with Gasteiger partial charge in [-0.25, -0.2) is 0 Å². The van der Waals surface area contributed by atoms with Gasteiger partial charge in [-0.3, -0.25) is 4.79 Å². The first kappa shape index (κ1) is 10.3. The van der Waals surface area contributed by atoms with Crippen LogP contribution in [0.5, 0.6) is 0 Å². The summed E-state index contributed by atoms with van der Waals surface area (Å²) >= 11 is 11.6. The van der Waals surface area contributed by atoms with E-state index >= 15 is 0 Å². The monoisotopic (exact) mass is 220 g/mol. The summed E-state index contributed by atoms with van der Waals surface area (Å²) in [6.07, 6.45) is 2.19. The van der Waals surface area contributed by atoms with Gasteiger partial charge in [-0.1, -0.05) is 11.6 Å². The Labute approximate surface area is 84.6 Å². The molecule has 4 nitrogen and oxygen atoms in total. The van der Waals surface area contributed by atoms with E-state index in [0.29, 0.717) is 6.29 Å². The minimum atomic E-state index is -1.38. The van der Waals surface area contributed by atoms with Gasteiger partial charge in [0.05, 0.1) is 11.2 Å². The zero-order valence-corrected chi connectivity index (χ0v) is 8.05. The molecule has 1 aliphatic heterocycles. The molecule has 1 heterocycles. The highest BCUT2D eigenvalue weighted by molar-refractivity contribution is 6.46. The average molecular weight is 221 g/mol. The van der Waals surface area contributed by atoms with Crippen LogP contribution in [0.2, 0.25) is 0 Å². The minimum Gasteiger partial charge on any atom is -0.303 e. The van der Waals surface area contributed by atoms with Crippen LogP contribution >= 0.6 is 23.2 Å². The Hall–Kier alpha value is -0.740. The Balaban J connectivity index is 2.86. The fraction of sp³-hybridized carbons (Fsp3) is 0.429. The van der Waals surface area contributed by atoms with E-state index in [2.05, 4.69) is 10.2 Å². The molecule has 0 spiro atoms. The Morgan fingerprint density at radius 3 is 2.85 bits per heavy atom. The third-order valence-electron chi connectivity index (χ3n) is 1.64. The van der Waals surface area contributed by atoms with Crippen LogP contribution in [0.3, 0.4) is 0 Å². The summed E-state index contributed by atoms with van der Waals surface area (Å²) < 4.78 is 0. The molecule has 0 aliphatic carbocycles. The van der Waals surface area contributed by atoms with E-state index in [1.54, 1.807) is 0 Å². The largest absolute Gasteiger partial charge is 0.303 e. The topological polar surface area (TPSA) is 58.9 Å². The van der Waals surface area contributed by atoms with Crippen LogP contribution in [0.25, 0.3) is 0 Å². The van der Waals surface area contributed by atoms with Gasteiger partial charge in [0.15, 0.2) is 4.87 Å². The number of hydrogen-bond donors (Lipinski definition) is 0. The van der Waals surface area contributed by atoms with Gasteiger partial charge in [-0.2, -0.15) is 5.11 Å². The standard InChI is InChI=1S/C7H6Cl2N2O2/c8-5-4-10-11-6(13)7(5,9)2-1-3-12/h3-4H,1-2H2. The van der Waals surface area contributed by atoms with Crippen molar-refractivity contribution in [2.24, 2.45) is 10.2 Å². The Kier molecular flexibility index (Phi) is 3.17. The van der Waals surface area contributed by atoms with Gasteiger partial charge in [0.1, 0.15) is 6.29 Å². The van der Waals surface area contributed by atoms with Crippen LogP contribution in [-0.4, -0.2) is 17.1 Å². The molecule has 1 amide bonds. The zero-order valence-electron chi connectivity index (χ0n) is 6.54. The van der Waals surface area contributed by atoms with Crippen molar-refractivity contribution < 1.29 is 9.59 Å². The lowest BCUT2D eigenvalue weighted by Gasteiger charge is -2.22. The second kappa shape index (κ2) is 3.98. The molecule has 6 heteroatoms. The molecule has 1 aliphatic rings. The number of nitrogens with zero attached hydrogens (tertiary/aromatic N) is 2. The van der Waals surface area contributed by atoms with E-state index in [1.807, 2.05) is 0 Å². The van der Waals surface area contributed by atoms with Crippen LogP contribution in [0.4, 0.5) is 0 Å². The van der Waals surface area contributed by atoms with Gasteiger partial charge in [0.2, 0.25) is 0 Å². The number of rotatable bonds is 3. The lowest BCUT2D eigenvalue weighted by Crippen LogP contribution is -2.33. The summed E-state index contributed by atoms with van der Waals surface area (Å²) in [5, 5.41) is 6.72. The smallest absolute Gasteiger partial charge is 0.290 e. The summed E-state index contributed by atoms with van der Waals surface area (Å²) in [4.78, 5) is 19.9. The highest BCUT2D eigenvalue weighted by Crippen LogP contribution is 2.36. The van der Waals surface area contributed by atoms with Crippen LogP contribution in [-0.2, 0) is 9.59 Å². The van der Waals surface area contributed by atoms with Crippen molar-refractivity contribution in [3.05, 3.63) is 11.2 Å². The van der Waals surface area contributed by atoms with Crippen molar-refractivity contribution in [1.29, 1.82) is 0 Å². The predicted molar refractivity (Wildman–Crippen MR) is 47.7 cm³/mol. The molecule has 0 saturated carbocycles. The number of halogens is 2. The molecule has 0 fully saturated rings. The number of alkyl halides is 1. The minimum absolute atomic E-state index is 0.107. The van der Waals surface area contributed by atoms with Crippen molar-refractivity contribution in [2.45, 2.75) is 17.7 Å². The molecular formula is C7H6Cl2N2O2. The van der Waals surface area contributed by atoms with Crippen LogP contribution in [0.1, 0.15) is 12.8 Å². The maximum absolute atomic E-state index is 11.2. The van der Waals surface area contributed by atoms with Crippen molar-refractivity contribution in [3.8, 4) is 0 Å². The highest BCUT2D eigenvalue weighted by Gasteiger charge is 2.41. The first-order chi connectivity index (χ1) is 6.11. The Morgan fingerprint density at radius 2 is 2.31 bits per heavy atom. The number of aldehydes is 1. The molecule has 0 saturated heterocycles. The third kappa shape index (κ3) is 1.95. The molecule has 13 heavy (non-hydrogen) atoms. The summed E-state index contributed by atoms with van der Waals surface area (Å²) in [7, 11) is 0. The van der Waals surface area contributed by atoms with Crippen molar-refractivity contribution in [3.63, 3.8) is 0 Å². The SMILES string of the molecule is O=CCCC1(Cl)C(=O)N=NC=C1Cl. The number of carbonyl (C=O) groups excluding carboxylic acids is 2. The molecular weight excluding hydrogens is 215 g/mol. The van der Waals surface area contributed by atoms with E-state index in [9.17, 15) is 9.59 Å². The number of amides is 1. The van der Waals surface area contributed by atoms with Gasteiger partial charge < -0.3 is 4.79 Å². The second-order valence-corrected chi connectivity index (χ2v) is 3.56. The summed E-state index contributed by atoms with van der Waals surface area (Å²) in [5.74, 6) is -0.622. The molecule has 0 radical (unpaired) electrons. The number of azo groups is 1. The first-order valence-electron chi connectivity index (χ1n) is 3.55. The van der Waals surface area contributed by atoms with E-state index in [-0.39, 0.29) is 17.9 Å². The summed E-state index contributed by atoms with van der Waals surface area (Å²) in [6, 6.07) is 0. The Bertz CT molecular complexity index is 301. The van der Waals surface area contributed by atoms with Gasteiger partial charge in [0, 0.05) is 6.42 Å². The van der Waals surface area contributed by atoms with Crippen molar-refractivity contribution >= 4 is 35.4 Å². The van der Waals surface area contributed by atoms with Crippen molar-refractivity contribution in [2.75, 3.05) is 0 Å². The van der Waals surface area contributed by atoms with E-state index in [0.717, 1.165) is 0 Å². The van der Waals surface area contributed by atoms with E-state index in [4.69, 9.17) is 23.2 Å². The maximum atomic E-state index is 11.2. The molecule has 0 aromatic rings. The van der Waals surface area contributed by atoms with Gasteiger partial charge in [-0.05, 0) is 6.42 Å². The lowest BCUT2D eigenvalue weighted by molar-refractivity contribution is -0.120. The molecule has 1 rings (SSSR count). The quantitative estimate of drug-likeness (QED) is 0.540. The lowest BCUT2D eigenvalue weighted by atomic mass is 10.0. The molecule has 0 aromatic heterocycles. The molecule has 0 aromatic carbocycles. The van der Waals surface area contributed by atoms with Gasteiger partial charge in [-0.15, -0.1) is 16.7 Å². The van der Waals surface area contributed by atoms with Gasteiger partial charge >= 0.3 is 0 Å². The first-order valence-corrected chi connectivity index (χ1v) is 4.31. The van der Waals surface area contributed by atoms with Gasteiger partial charge in [0.25, 0.3) is 5.91 Å². The Morgan fingerprint density at radius 1 is 1.62 bits per heavy atom. The maximum Gasteiger partial charge on any atom is 0.290 e. The van der Waals surface area contributed by atoms with E-state index in [1.165, 1.54) is 6.20 Å². The second-order valence-electron chi connectivity index (χ2n) is 2.50. The molecule has 70 valence electrons. The fourth-order valence-corrected chi connectivity index (χ4v) is 1.31. The van der Waals surface area contributed by atoms with Crippen molar-refractivity contribution in [1.82, 2.24) is 0 Å². The molecule has 0 bridgehead atoms. The average Bonchev–Trinajstić information content (AvgIpc) is 2.11. The number of carbonyl (C=O) groups is 2. The van der Waals surface area contributed by atoms with Crippen LogP contribution in [0.15, 0.2) is 21.5 Å². The summed E-state index contributed by atoms with van der Waals surface area (Å²) in [6.45, 7) is 0. The molecule has 0 N–H and O–H groups in total.